The van der Waals surface area contributed by atoms with E-state index < -0.39 is 0 Å². The first-order chi connectivity index (χ1) is 17.0. The minimum atomic E-state index is -0.289. The lowest BCUT2D eigenvalue weighted by molar-refractivity contribution is 0.0955. The Hall–Kier alpha value is -3.84. The van der Waals surface area contributed by atoms with Crippen LogP contribution in [0.1, 0.15) is 34.0 Å². The summed E-state index contributed by atoms with van der Waals surface area (Å²) in [5.74, 6) is 0.933. The number of aryl methyl sites for hydroxylation is 1. The number of nitrogens with zero attached hydrogens (tertiary/aromatic N) is 2. The maximum atomic E-state index is 12.5. The molecule has 0 saturated heterocycles. The predicted octanol–water partition coefficient (Wildman–Crippen LogP) is 6.29. The average Bonchev–Trinajstić information content (AvgIpc) is 3.39. The van der Waals surface area contributed by atoms with Gasteiger partial charge >= 0.3 is 0 Å². The second-order valence-corrected chi connectivity index (χ2v) is 8.73. The molecule has 0 radical (unpaired) electrons. The third-order valence-electron chi connectivity index (χ3n) is 5.21. The van der Waals surface area contributed by atoms with Gasteiger partial charge in [-0.3, -0.25) is 4.79 Å². The second-order valence-electron chi connectivity index (χ2n) is 7.88. The second kappa shape index (κ2) is 11.5. The van der Waals surface area contributed by atoms with Crippen molar-refractivity contribution >= 4 is 28.1 Å². The Labute approximate surface area is 213 Å². The summed E-state index contributed by atoms with van der Waals surface area (Å²) in [4.78, 5) is 12.5. The van der Waals surface area contributed by atoms with Gasteiger partial charge in [0.05, 0.1) is 17.3 Å². The standard InChI is InChI=1S/C28H26BrN3O3/c1-3-34-26-17-22(16-25(29)27(26)35-19-21-8-6-7-20(2)15-21)18-30-31-28(33)23-9-11-24(12-10-23)32-13-4-5-14-32/h4-18H,3,19H2,1-2H3,(H,31,33). The van der Waals surface area contributed by atoms with Gasteiger partial charge in [-0.25, -0.2) is 5.43 Å². The van der Waals surface area contributed by atoms with E-state index in [2.05, 4.69) is 45.5 Å². The third-order valence-corrected chi connectivity index (χ3v) is 5.80. The van der Waals surface area contributed by atoms with Crippen molar-refractivity contribution in [2.45, 2.75) is 20.5 Å². The molecule has 0 bridgehead atoms. The summed E-state index contributed by atoms with van der Waals surface area (Å²) in [5.41, 5.74) is 7.09. The Balaban J connectivity index is 1.42. The molecule has 0 fully saturated rings. The topological polar surface area (TPSA) is 64.8 Å². The number of rotatable bonds is 9. The molecule has 4 rings (SSSR count). The molecule has 7 heteroatoms. The third kappa shape index (κ3) is 6.39. The number of hydrogen-bond acceptors (Lipinski definition) is 4. The van der Waals surface area contributed by atoms with Crippen LogP contribution in [-0.2, 0) is 6.61 Å². The van der Waals surface area contributed by atoms with E-state index in [1.165, 1.54) is 5.56 Å². The molecule has 3 aromatic carbocycles. The minimum absolute atomic E-state index is 0.289. The van der Waals surface area contributed by atoms with Gasteiger partial charge < -0.3 is 14.0 Å². The van der Waals surface area contributed by atoms with Crippen molar-refractivity contribution in [1.29, 1.82) is 0 Å². The zero-order valence-electron chi connectivity index (χ0n) is 19.6. The van der Waals surface area contributed by atoms with Gasteiger partial charge in [-0.1, -0.05) is 29.8 Å². The normalized spacial score (nSPS) is 10.9. The molecule has 0 unspecified atom stereocenters. The summed E-state index contributed by atoms with van der Waals surface area (Å²) >= 11 is 3.58. The van der Waals surface area contributed by atoms with Crippen LogP contribution in [0.3, 0.4) is 0 Å². The average molecular weight is 532 g/mol. The van der Waals surface area contributed by atoms with Crippen LogP contribution in [0.25, 0.3) is 5.69 Å². The van der Waals surface area contributed by atoms with Crippen LogP contribution in [-0.4, -0.2) is 23.3 Å². The first-order valence-electron chi connectivity index (χ1n) is 11.2. The van der Waals surface area contributed by atoms with Crippen molar-refractivity contribution in [1.82, 2.24) is 9.99 Å². The lowest BCUT2D eigenvalue weighted by atomic mass is 10.1. The summed E-state index contributed by atoms with van der Waals surface area (Å²) in [5, 5.41) is 4.12. The summed E-state index contributed by atoms with van der Waals surface area (Å²) in [6.45, 7) is 4.88. The maximum Gasteiger partial charge on any atom is 0.271 e. The number of hydrazone groups is 1. The highest BCUT2D eigenvalue weighted by molar-refractivity contribution is 9.10. The van der Waals surface area contributed by atoms with Crippen LogP contribution < -0.4 is 14.9 Å². The summed E-state index contributed by atoms with van der Waals surface area (Å²) < 4.78 is 14.6. The number of carbonyl (C=O) groups excluding carboxylic acids is 1. The monoisotopic (exact) mass is 531 g/mol. The molecule has 178 valence electrons. The zero-order chi connectivity index (χ0) is 24.6. The molecule has 0 atom stereocenters. The smallest absolute Gasteiger partial charge is 0.271 e. The Morgan fingerprint density at radius 1 is 1.03 bits per heavy atom. The van der Waals surface area contributed by atoms with Crippen LogP contribution in [0.5, 0.6) is 11.5 Å². The molecule has 1 heterocycles. The minimum Gasteiger partial charge on any atom is -0.490 e. The number of aromatic nitrogens is 1. The summed E-state index contributed by atoms with van der Waals surface area (Å²) in [6.07, 6.45) is 5.48. The highest BCUT2D eigenvalue weighted by atomic mass is 79.9. The number of ether oxygens (including phenoxy) is 2. The molecular weight excluding hydrogens is 506 g/mol. The Morgan fingerprint density at radius 3 is 2.51 bits per heavy atom. The Kier molecular flexibility index (Phi) is 8.00. The maximum absolute atomic E-state index is 12.5. The van der Waals surface area contributed by atoms with E-state index in [0.717, 1.165) is 21.3 Å². The lowest BCUT2D eigenvalue weighted by Crippen LogP contribution is -2.17. The van der Waals surface area contributed by atoms with Crippen LogP contribution >= 0.6 is 15.9 Å². The SMILES string of the molecule is CCOc1cc(C=NNC(=O)c2ccc(-n3cccc3)cc2)cc(Br)c1OCc1cccc(C)c1. The van der Waals surface area contributed by atoms with E-state index in [-0.39, 0.29) is 5.91 Å². The predicted molar refractivity (Wildman–Crippen MR) is 142 cm³/mol. The fourth-order valence-electron chi connectivity index (χ4n) is 3.54. The molecule has 0 aliphatic carbocycles. The van der Waals surface area contributed by atoms with E-state index in [4.69, 9.17) is 9.47 Å². The van der Waals surface area contributed by atoms with Crippen molar-refractivity contribution in [2.75, 3.05) is 6.61 Å². The van der Waals surface area contributed by atoms with Gasteiger partial charge in [0.1, 0.15) is 6.61 Å². The number of amides is 1. The van der Waals surface area contributed by atoms with Gasteiger partial charge in [0, 0.05) is 23.6 Å². The molecule has 35 heavy (non-hydrogen) atoms. The molecule has 0 spiro atoms. The van der Waals surface area contributed by atoms with Crippen molar-refractivity contribution in [3.05, 3.63) is 112 Å². The van der Waals surface area contributed by atoms with Crippen LogP contribution in [0.15, 0.2) is 94.8 Å². The molecule has 4 aromatic rings. The molecular formula is C28H26BrN3O3. The molecule has 1 amide bonds. The van der Waals surface area contributed by atoms with Crippen molar-refractivity contribution in [2.24, 2.45) is 5.10 Å². The van der Waals surface area contributed by atoms with Gasteiger partial charge in [-0.05, 0) is 89.4 Å². The number of hydrogen-bond donors (Lipinski definition) is 1. The van der Waals surface area contributed by atoms with E-state index in [1.54, 1.807) is 18.3 Å². The molecule has 0 aliphatic heterocycles. The van der Waals surface area contributed by atoms with Gasteiger partial charge in [0.2, 0.25) is 0 Å². The van der Waals surface area contributed by atoms with Gasteiger partial charge in [-0.15, -0.1) is 0 Å². The van der Waals surface area contributed by atoms with Gasteiger partial charge in [0.15, 0.2) is 11.5 Å². The Bertz CT molecular complexity index is 1320. The number of benzene rings is 3. The van der Waals surface area contributed by atoms with Crippen molar-refractivity contribution < 1.29 is 14.3 Å². The molecule has 6 nitrogen and oxygen atoms in total. The van der Waals surface area contributed by atoms with Crippen molar-refractivity contribution in [3.63, 3.8) is 0 Å². The zero-order valence-corrected chi connectivity index (χ0v) is 21.2. The molecule has 1 N–H and O–H groups in total. The molecule has 1 aromatic heterocycles. The summed E-state index contributed by atoms with van der Waals surface area (Å²) in [7, 11) is 0. The fourth-order valence-corrected chi connectivity index (χ4v) is 4.12. The fraction of sp³-hybridized carbons (Fsp3) is 0.143. The van der Waals surface area contributed by atoms with Crippen LogP contribution in [0.2, 0.25) is 0 Å². The van der Waals surface area contributed by atoms with Gasteiger partial charge in [-0.2, -0.15) is 5.10 Å². The quantitative estimate of drug-likeness (QED) is 0.204. The van der Waals surface area contributed by atoms with Crippen LogP contribution in [0, 0.1) is 6.92 Å². The number of carbonyl (C=O) groups is 1. The highest BCUT2D eigenvalue weighted by Gasteiger charge is 2.13. The van der Waals surface area contributed by atoms with E-state index in [1.807, 2.05) is 72.4 Å². The summed E-state index contributed by atoms with van der Waals surface area (Å²) in [6, 6.07) is 23.1. The lowest BCUT2D eigenvalue weighted by Gasteiger charge is -2.15. The molecule has 0 saturated carbocycles. The first kappa shape index (κ1) is 24.3. The van der Waals surface area contributed by atoms with E-state index in [9.17, 15) is 4.79 Å². The first-order valence-corrected chi connectivity index (χ1v) is 12.0. The molecule has 0 aliphatic rings. The number of halogens is 1. The largest absolute Gasteiger partial charge is 0.490 e. The van der Waals surface area contributed by atoms with Crippen molar-refractivity contribution in [3.8, 4) is 17.2 Å². The van der Waals surface area contributed by atoms with Crippen LogP contribution in [0.4, 0.5) is 0 Å². The van der Waals surface area contributed by atoms with E-state index in [0.29, 0.717) is 30.3 Å². The van der Waals surface area contributed by atoms with Gasteiger partial charge in [0.25, 0.3) is 5.91 Å². The highest BCUT2D eigenvalue weighted by Crippen LogP contribution is 2.37. The van der Waals surface area contributed by atoms with E-state index >= 15 is 0 Å². The number of nitrogens with one attached hydrogen (secondary N) is 1. The Morgan fingerprint density at radius 2 is 1.80 bits per heavy atom.